The van der Waals surface area contributed by atoms with Gasteiger partial charge in [0.2, 0.25) is 6.79 Å². The zero-order chi connectivity index (χ0) is 17.8. The lowest BCUT2D eigenvalue weighted by Gasteiger charge is -2.03. The Bertz CT molecular complexity index is 861. The van der Waals surface area contributed by atoms with E-state index in [0.29, 0.717) is 32.7 Å². The van der Waals surface area contributed by atoms with Crippen LogP contribution >= 0.6 is 23.2 Å². The normalized spacial score (nSPS) is 12.4. The Kier molecular flexibility index (Phi) is 5.26. The average Bonchev–Trinajstić information content (AvgIpc) is 3.08. The summed E-state index contributed by atoms with van der Waals surface area (Å²) < 4.78 is 15.3. The van der Waals surface area contributed by atoms with E-state index >= 15 is 0 Å². The molecule has 0 unspecified atom stereocenters. The lowest BCUT2D eigenvalue weighted by atomic mass is 10.1. The van der Waals surface area contributed by atoms with Gasteiger partial charge in [0.15, 0.2) is 23.9 Å². The maximum Gasteiger partial charge on any atom is 0.331 e. The summed E-state index contributed by atoms with van der Waals surface area (Å²) in [6.45, 7) is -0.244. The topological polar surface area (TPSA) is 61.8 Å². The third-order valence-electron chi connectivity index (χ3n) is 3.40. The van der Waals surface area contributed by atoms with Crippen LogP contribution in [0.1, 0.15) is 15.9 Å². The van der Waals surface area contributed by atoms with Gasteiger partial charge in [-0.2, -0.15) is 0 Å². The van der Waals surface area contributed by atoms with Crippen molar-refractivity contribution in [2.24, 2.45) is 0 Å². The number of rotatable bonds is 5. The Balaban J connectivity index is 1.55. The number of hydrogen-bond donors (Lipinski definition) is 0. The molecule has 0 aliphatic carbocycles. The summed E-state index contributed by atoms with van der Waals surface area (Å²) in [4.78, 5) is 23.8. The molecule has 0 amide bonds. The van der Waals surface area contributed by atoms with Crippen LogP contribution in [-0.4, -0.2) is 25.2 Å². The van der Waals surface area contributed by atoms with Crippen molar-refractivity contribution in [1.82, 2.24) is 0 Å². The number of hydrogen-bond acceptors (Lipinski definition) is 5. The van der Waals surface area contributed by atoms with E-state index in [1.54, 1.807) is 36.4 Å². The minimum Gasteiger partial charge on any atom is -0.454 e. The molecule has 2 aromatic carbocycles. The number of Topliss-reactive ketones (excluding diaryl/α,β-unsaturated/α-hetero) is 1. The van der Waals surface area contributed by atoms with Crippen LogP contribution in [-0.2, 0) is 9.53 Å². The molecule has 1 heterocycles. The van der Waals surface area contributed by atoms with Gasteiger partial charge in [0.05, 0.1) is 10.0 Å². The molecule has 0 fully saturated rings. The van der Waals surface area contributed by atoms with Gasteiger partial charge in [-0.15, -0.1) is 0 Å². The summed E-state index contributed by atoms with van der Waals surface area (Å²) in [5.74, 6) is 0.101. The number of esters is 1. The van der Waals surface area contributed by atoms with Crippen molar-refractivity contribution < 1.29 is 23.8 Å². The highest BCUT2D eigenvalue weighted by atomic mass is 35.5. The molecule has 0 saturated heterocycles. The van der Waals surface area contributed by atoms with Crippen molar-refractivity contribution in [3.8, 4) is 11.5 Å². The average molecular weight is 379 g/mol. The van der Waals surface area contributed by atoms with E-state index in [-0.39, 0.29) is 19.2 Å². The number of fused-ring (bicyclic) bond motifs is 1. The van der Waals surface area contributed by atoms with Crippen LogP contribution in [0.25, 0.3) is 6.08 Å². The van der Waals surface area contributed by atoms with Crippen LogP contribution in [0.5, 0.6) is 11.5 Å². The summed E-state index contributed by atoms with van der Waals surface area (Å²) in [6, 6.07) is 9.74. The summed E-state index contributed by atoms with van der Waals surface area (Å²) >= 11 is 11.7. The van der Waals surface area contributed by atoms with E-state index in [9.17, 15) is 9.59 Å². The number of benzene rings is 2. The molecule has 0 N–H and O–H groups in total. The lowest BCUT2D eigenvalue weighted by Crippen LogP contribution is -2.12. The molecule has 0 saturated carbocycles. The standard InChI is InChI=1S/C18H12Cl2O5/c19-13-4-1-11(7-14(13)20)2-6-18(22)23-9-15(21)12-3-5-16-17(8-12)25-10-24-16/h1-8H,9-10H2/b6-2+. The monoisotopic (exact) mass is 378 g/mol. The van der Waals surface area contributed by atoms with Crippen LogP contribution in [0.15, 0.2) is 42.5 Å². The number of carbonyl (C=O) groups excluding carboxylic acids is 2. The summed E-state index contributed by atoms with van der Waals surface area (Å²) in [6.07, 6.45) is 2.74. The lowest BCUT2D eigenvalue weighted by molar-refractivity contribution is -0.136. The molecule has 0 spiro atoms. The second kappa shape index (κ2) is 7.59. The second-order valence-electron chi connectivity index (χ2n) is 5.11. The van der Waals surface area contributed by atoms with Crippen molar-refractivity contribution in [3.05, 3.63) is 63.6 Å². The summed E-state index contributed by atoms with van der Waals surface area (Å²) in [5, 5.41) is 0.811. The van der Waals surface area contributed by atoms with E-state index in [0.717, 1.165) is 0 Å². The van der Waals surface area contributed by atoms with Gasteiger partial charge in [0.25, 0.3) is 0 Å². The molecule has 5 nitrogen and oxygen atoms in total. The molecule has 0 bridgehead atoms. The molecular formula is C18H12Cl2O5. The van der Waals surface area contributed by atoms with Crippen LogP contribution in [0.2, 0.25) is 10.0 Å². The van der Waals surface area contributed by atoms with Crippen LogP contribution in [0.3, 0.4) is 0 Å². The zero-order valence-electron chi connectivity index (χ0n) is 12.8. The van der Waals surface area contributed by atoms with Crippen molar-refractivity contribution >= 4 is 41.0 Å². The van der Waals surface area contributed by atoms with Crippen molar-refractivity contribution in [2.75, 3.05) is 13.4 Å². The molecule has 1 aliphatic heterocycles. The fourth-order valence-corrected chi connectivity index (χ4v) is 2.42. The number of carbonyl (C=O) groups is 2. The van der Waals surface area contributed by atoms with Crippen LogP contribution < -0.4 is 9.47 Å². The molecule has 3 rings (SSSR count). The Morgan fingerprint density at radius 1 is 1.04 bits per heavy atom. The van der Waals surface area contributed by atoms with Gasteiger partial charge in [0, 0.05) is 11.6 Å². The first-order chi connectivity index (χ1) is 12.0. The van der Waals surface area contributed by atoms with E-state index in [1.165, 1.54) is 12.2 Å². The Morgan fingerprint density at radius 2 is 1.84 bits per heavy atom. The van der Waals surface area contributed by atoms with Crippen molar-refractivity contribution in [3.63, 3.8) is 0 Å². The number of halogens is 2. The largest absolute Gasteiger partial charge is 0.454 e. The van der Waals surface area contributed by atoms with E-state index in [4.69, 9.17) is 37.4 Å². The minimum absolute atomic E-state index is 0.126. The smallest absolute Gasteiger partial charge is 0.331 e. The van der Waals surface area contributed by atoms with Gasteiger partial charge in [-0.1, -0.05) is 29.3 Å². The second-order valence-corrected chi connectivity index (χ2v) is 5.92. The molecule has 2 aromatic rings. The fourth-order valence-electron chi connectivity index (χ4n) is 2.12. The molecule has 128 valence electrons. The van der Waals surface area contributed by atoms with Crippen molar-refractivity contribution in [2.45, 2.75) is 0 Å². The number of ether oxygens (including phenoxy) is 3. The Morgan fingerprint density at radius 3 is 2.64 bits per heavy atom. The maximum absolute atomic E-state index is 12.1. The molecule has 0 radical (unpaired) electrons. The van der Waals surface area contributed by atoms with Gasteiger partial charge in [-0.25, -0.2) is 4.79 Å². The Labute approximate surface area is 153 Å². The fraction of sp³-hybridized carbons (Fsp3) is 0.111. The molecule has 0 atom stereocenters. The quantitative estimate of drug-likeness (QED) is 0.444. The van der Waals surface area contributed by atoms with Gasteiger partial charge < -0.3 is 14.2 Å². The highest BCUT2D eigenvalue weighted by molar-refractivity contribution is 6.42. The minimum atomic E-state index is -0.639. The first-order valence-corrected chi connectivity index (χ1v) is 8.01. The third kappa shape index (κ3) is 4.32. The SMILES string of the molecule is O=C(/C=C/c1ccc(Cl)c(Cl)c1)OCC(=O)c1ccc2c(c1)OCO2. The van der Waals surface area contributed by atoms with Gasteiger partial charge in [-0.3, -0.25) is 4.79 Å². The first-order valence-electron chi connectivity index (χ1n) is 7.25. The van der Waals surface area contributed by atoms with Crippen molar-refractivity contribution in [1.29, 1.82) is 0 Å². The Hall–Kier alpha value is -2.50. The van der Waals surface area contributed by atoms with Gasteiger partial charge in [-0.05, 0) is 42.0 Å². The molecular weight excluding hydrogens is 367 g/mol. The molecule has 0 aromatic heterocycles. The molecule has 7 heteroatoms. The maximum atomic E-state index is 12.1. The number of ketones is 1. The first kappa shape index (κ1) is 17.3. The predicted octanol–water partition coefficient (Wildman–Crippen LogP) is 4.16. The zero-order valence-corrected chi connectivity index (χ0v) is 14.3. The van der Waals surface area contributed by atoms with E-state index in [1.807, 2.05) is 0 Å². The van der Waals surface area contributed by atoms with Gasteiger partial charge in [0.1, 0.15) is 0 Å². The van der Waals surface area contributed by atoms with E-state index in [2.05, 4.69) is 0 Å². The van der Waals surface area contributed by atoms with Crippen LogP contribution in [0.4, 0.5) is 0 Å². The third-order valence-corrected chi connectivity index (χ3v) is 4.13. The molecule has 1 aliphatic rings. The summed E-state index contributed by atoms with van der Waals surface area (Å²) in [5.41, 5.74) is 1.07. The van der Waals surface area contributed by atoms with E-state index < -0.39 is 5.97 Å². The van der Waals surface area contributed by atoms with Crippen LogP contribution in [0, 0.1) is 0 Å². The predicted molar refractivity (Wildman–Crippen MR) is 93.4 cm³/mol. The van der Waals surface area contributed by atoms with Gasteiger partial charge >= 0.3 is 5.97 Å². The summed E-state index contributed by atoms with van der Waals surface area (Å²) in [7, 11) is 0. The molecule has 25 heavy (non-hydrogen) atoms. The highest BCUT2D eigenvalue weighted by Gasteiger charge is 2.16. The highest BCUT2D eigenvalue weighted by Crippen LogP contribution is 2.32.